The number of benzene rings is 4. The number of hydrogen-bond donors (Lipinski definition) is 0. The van der Waals surface area contributed by atoms with Crippen LogP contribution in [-0.2, 0) is 12.8 Å². The Hall–Kier alpha value is -5.06. The zero-order chi connectivity index (χ0) is 34.1. The number of nitrogens with zero attached hydrogens (tertiary/aromatic N) is 2. The van der Waals surface area contributed by atoms with Gasteiger partial charge in [-0.1, -0.05) is 93.3 Å². The number of hydrogen-bond acceptors (Lipinski definition) is 1. The van der Waals surface area contributed by atoms with Crippen LogP contribution >= 0.6 is 0 Å². The van der Waals surface area contributed by atoms with Crippen molar-refractivity contribution >= 4 is 40.9 Å². The molecule has 0 fully saturated rings. The molecule has 0 saturated carbocycles. The molecule has 0 spiro atoms. The summed E-state index contributed by atoms with van der Waals surface area (Å²) < 4.78 is 11.5. The predicted molar refractivity (Wildman–Crippen MR) is 209 cm³/mol. The molecule has 3 nitrogen and oxygen atoms in total. The van der Waals surface area contributed by atoms with E-state index in [0.29, 0.717) is 5.92 Å². The van der Waals surface area contributed by atoms with E-state index in [1.165, 1.54) is 50.3 Å². The van der Waals surface area contributed by atoms with Gasteiger partial charge in [0.1, 0.15) is 11.2 Å². The van der Waals surface area contributed by atoms with E-state index in [-0.39, 0.29) is 6.04 Å². The highest BCUT2D eigenvalue weighted by Gasteiger charge is 2.43. The van der Waals surface area contributed by atoms with E-state index < -0.39 is 8.07 Å². The van der Waals surface area contributed by atoms with Gasteiger partial charge in [0, 0.05) is 45.6 Å². The van der Waals surface area contributed by atoms with Crippen molar-refractivity contribution in [3.05, 3.63) is 145 Å². The van der Waals surface area contributed by atoms with Gasteiger partial charge in [-0.25, -0.2) is 0 Å². The molecular weight excluding hydrogens is 625 g/mol. The van der Waals surface area contributed by atoms with Crippen molar-refractivity contribution in [3.8, 4) is 33.6 Å². The minimum absolute atomic E-state index is 0.249. The number of para-hydroxylation sites is 1. The Morgan fingerprint density at radius 3 is 2.36 bits per heavy atom. The van der Waals surface area contributed by atoms with Gasteiger partial charge in [0.2, 0.25) is 11.4 Å². The quantitative estimate of drug-likeness (QED) is 0.136. The highest BCUT2D eigenvalue weighted by atomic mass is 28.3. The Kier molecular flexibility index (Phi) is 7.29. The van der Waals surface area contributed by atoms with Crippen LogP contribution in [0, 0.1) is 0 Å². The maximum Gasteiger partial charge on any atom is 0.219 e. The van der Waals surface area contributed by atoms with E-state index in [9.17, 15) is 0 Å². The van der Waals surface area contributed by atoms with Gasteiger partial charge >= 0.3 is 0 Å². The monoisotopic (exact) mass is 668 g/mol. The van der Waals surface area contributed by atoms with Crippen LogP contribution in [0.5, 0.6) is 0 Å². The largest absolute Gasteiger partial charge is 0.456 e. The third-order valence-electron chi connectivity index (χ3n) is 11.3. The fourth-order valence-electron chi connectivity index (χ4n) is 8.81. The van der Waals surface area contributed by atoms with Crippen LogP contribution in [0.1, 0.15) is 48.4 Å². The second-order valence-electron chi connectivity index (χ2n) is 15.3. The summed E-state index contributed by atoms with van der Waals surface area (Å²) in [6.07, 6.45) is 8.72. The SMILES string of the molecule is C=C1CC2C(CCc3cc4oc5ccccc5c4cc3-c3cc(-c4ccccc4)cc[n+]31)c1ccccc1-c1cc(CC)c([Si](C)(C)C)c[n+]12. The Labute approximate surface area is 296 Å². The Morgan fingerprint density at radius 2 is 1.54 bits per heavy atom. The zero-order valence-corrected chi connectivity index (χ0v) is 30.5. The number of furan rings is 1. The molecule has 2 aliphatic heterocycles. The van der Waals surface area contributed by atoms with Crippen LogP contribution in [0.4, 0.5) is 0 Å². The van der Waals surface area contributed by atoms with Crippen molar-refractivity contribution in [1.29, 1.82) is 0 Å². The lowest BCUT2D eigenvalue weighted by molar-refractivity contribution is -0.719. The van der Waals surface area contributed by atoms with Crippen molar-refractivity contribution in [1.82, 2.24) is 0 Å². The molecule has 4 aromatic carbocycles. The molecule has 50 heavy (non-hydrogen) atoms. The standard InChI is InChI=1S/C46H44N2OSi/c1-6-31-25-42-36-17-11-10-16-35(36)37-21-20-34-27-45-40(38-18-12-13-19-44(38)49-45)28-39(34)43-26-33(32-14-8-7-9-15-32)22-23-47(43)30(2)24-41(37)48(42)29-46(31)50(3,4)5/h7-19,22-23,25-29,37,41H,2,6,20-21,24H2,1,3-5H3/q+2. The van der Waals surface area contributed by atoms with Crippen molar-refractivity contribution < 1.29 is 13.6 Å². The van der Waals surface area contributed by atoms with Crippen molar-refractivity contribution in [3.63, 3.8) is 0 Å². The highest BCUT2D eigenvalue weighted by molar-refractivity contribution is 6.89. The predicted octanol–water partition coefficient (Wildman–Crippen LogP) is 10.4. The maximum absolute atomic E-state index is 6.50. The molecule has 5 heterocycles. The first-order chi connectivity index (χ1) is 24.3. The molecule has 9 rings (SSSR count). The van der Waals surface area contributed by atoms with Crippen LogP contribution in [-0.4, -0.2) is 8.07 Å². The third-order valence-corrected chi connectivity index (χ3v) is 13.4. The molecule has 0 aliphatic carbocycles. The van der Waals surface area contributed by atoms with E-state index in [0.717, 1.165) is 53.3 Å². The summed E-state index contributed by atoms with van der Waals surface area (Å²) in [6, 6.07) is 40.5. The van der Waals surface area contributed by atoms with Gasteiger partial charge in [0.25, 0.3) is 0 Å². The Balaban J connectivity index is 1.29. The molecule has 7 aromatic rings. The molecule has 2 atom stereocenters. The molecule has 2 aliphatic rings. The molecule has 2 unspecified atom stereocenters. The van der Waals surface area contributed by atoms with Gasteiger partial charge in [0.05, 0.1) is 20.1 Å². The number of rotatable bonds is 3. The molecule has 4 heteroatoms. The second-order valence-corrected chi connectivity index (χ2v) is 20.4. The number of fused-ring (bicyclic) bond motifs is 12. The summed E-state index contributed by atoms with van der Waals surface area (Å²) in [5.74, 6) is 0.340. The van der Waals surface area contributed by atoms with Crippen LogP contribution in [0.3, 0.4) is 0 Å². The fraction of sp³-hybridized carbons (Fsp3) is 0.217. The van der Waals surface area contributed by atoms with Gasteiger partial charge in [0.15, 0.2) is 24.1 Å². The molecular formula is C46H44N2OSi+2. The second kappa shape index (κ2) is 11.8. The van der Waals surface area contributed by atoms with Gasteiger partial charge in [-0.05, 0) is 77.9 Å². The normalized spacial score (nSPS) is 17.1. The van der Waals surface area contributed by atoms with Crippen LogP contribution in [0.2, 0.25) is 19.6 Å². The maximum atomic E-state index is 6.50. The lowest BCUT2D eigenvalue weighted by atomic mass is 9.77. The Bertz CT molecular complexity index is 2470. The number of aromatic nitrogens is 2. The lowest BCUT2D eigenvalue weighted by Gasteiger charge is -2.33. The van der Waals surface area contributed by atoms with E-state index in [4.69, 9.17) is 11.0 Å². The first-order valence-electron chi connectivity index (χ1n) is 18.2. The Morgan fingerprint density at radius 1 is 0.760 bits per heavy atom. The fourth-order valence-corrected chi connectivity index (χ4v) is 10.6. The minimum atomic E-state index is -1.61. The van der Waals surface area contributed by atoms with Crippen molar-refractivity contribution in [2.24, 2.45) is 0 Å². The smallest absolute Gasteiger partial charge is 0.219 e. The van der Waals surface area contributed by atoms with Crippen LogP contribution < -0.4 is 14.3 Å². The van der Waals surface area contributed by atoms with E-state index in [1.807, 2.05) is 0 Å². The van der Waals surface area contributed by atoms with Crippen LogP contribution in [0.15, 0.2) is 133 Å². The molecule has 0 N–H and O–H groups in total. The summed E-state index contributed by atoms with van der Waals surface area (Å²) in [5, 5.41) is 3.89. The number of pyridine rings is 2. The first kappa shape index (κ1) is 31.0. The molecule has 0 radical (unpaired) electrons. The van der Waals surface area contributed by atoms with Crippen LogP contribution in [0.25, 0.3) is 61.3 Å². The van der Waals surface area contributed by atoms with Gasteiger partial charge in [-0.2, -0.15) is 9.13 Å². The molecule has 0 amide bonds. The summed E-state index contributed by atoms with van der Waals surface area (Å²) in [5.41, 5.74) is 14.9. The van der Waals surface area contributed by atoms with Crippen molar-refractivity contribution in [2.75, 3.05) is 0 Å². The van der Waals surface area contributed by atoms with E-state index in [2.05, 4.69) is 157 Å². The first-order valence-corrected chi connectivity index (χ1v) is 21.7. The molecule has 0 bridgehead atoms. The minimum Gasteiger partial charge on any atom is -0.456 e. The van der Waals surface area contributed by atoms with E-state index in [1.54, 1.807) is 5.19 Å². The van der Waals surface area contributed by atoms with Gasteiger partial charge in [-0.15, -0.1) is 0 Å². The average molecular weight is 669 g/mol. The molecule has 0 saturated heterocycles. The summed E-state index contributed by atoms with van der Waals surface area (Å²) in [6.45, 7) is 14.6. The summed E-state index contributed by atoms with van der Waals surface area (Å²) >= 11 is 0. The zero-order valence-electron chi connectivity index (χ0n) is 29.5. The summed E-state index contributed by atoms with van der Waals surface area (Å²) in [4.78, 5) is 0. The lowest BCUT2D eigenvalue weighted by Crippen LogP contribution is -2.54. The number of allylic oxidation sites excluding steroid dienone is 1. The van der Waals surface area contributed by atoms with Gasteiger partial charge in [-0.3, -0.25) is 0 Å². The molecule has 3 aromatic heterocycles. The molecule has 246 valence electrons. The topological polar surface area (TPSA) is 20.9 Å². The summed E-state index contributed by atoms with van der Waals surface area (Å²) in [7, 11) is -1.61. The van der Waals surface area contributed by atoms with Gasteiger partial charge < -0.3 is 4.42 Å². The number of aryl methyl sites for hydroxylation is 2. The van der Waals surface area contributed by atoms with E-state index >= 15 is 0 Å². The highest BCUT2D eigenvalue weighted by Crippen LogP contribution is 2.45. The third kappa shape index (κ3) is 5.00. The average Bonchev–Trinajstić information content (AvgIpc) is 3.50. The van der Waals surface area contributed by atoms with Crippen molar-refractivity contribution in [2.45, 2.75) is 64.2 Å².